The van der Waals surface area contributed by atoms with Gasteiger partial charge in [0.15, 0.2) is 17.3 Å². The molecule has 0 bridgehead atoms. The van der Waals surface area contributed by atoms with E-state index in [1.54, 1.807) is 18.2 Å². The first-order valence-corrected chi connectivity index (χ1v) is 9.24. The number of rotatable bonds is 4. The number of esters is 1. The van der Waals surface area contributed by atoms with E-state index in [4.69, 9.17) is 21.1 Å². The molecule has 0 spiro atoms. The van der Waals surface area contributed by atoms with Gasteiger partial charge in [-0.3, -0.25) is 0 Å². The summed E-state index contributed by atoms with van der Waals surface area (Å²) in [5.41, 5.74) is 1.75. The van der Waals surface area contributed by atoms with Gasteiger partial charge in [-0.15, -0.1) is 0 Å². The molecule has 7 heteroatoms. The second-order valence-electron chi connectivity index (χ2n) is 6.58. The highest BCUT2D eigenvalue weighted by Gasteiger charge is 2.27. The van der Waals surface area contributed by atoms with Crippen LogP contribution in [0.25, 0.3) is 0 Å². The van der Waals surface area contributed by atoms with E-state index in [1.165, 1.54) is 7.11 Å². The number of ether oxygens (including phenoxy) is 2. The molecule has 27 heavy (non-hydrogen) atoms. The summed E-state index contributed by atoms with van der Waals surface area (Å²) in [5, 5.41) is 0.137. The van der Waals surface area contributed by atoms with Crippen molar-refractivity contribution in [2.24, 2.45) is 0 Å². The van der Waals surface area contributed by atoms with Gasteiger partial charge < -0.3 is 14.4 Å². The van der Waals surface area contributed by atoms with Crippen LogP contribution in [-0.4, -0.2) is 38.3 Å². The molecule has 2 aromatic rings. The minimum atomic E-state index is -0.503. The molecule has 1 unspecified atom stereocenters. The van der Waals surface area contributed by atoms with Crippen molar-refractivity contribution < 1.29 is 18.7 Å². The third-order valence-electron chi connectivity index (χ3n) is 4.70. The lowest BCUT2D eigenvalue weighted by molar-refractivity contribution is 0.0594. The summed E-state index contributed by atoms with van der Waals surface area (Å²) in [6, 6.07) is 6.75. The summed E-state index contributed by atoms with van der Waals surface area (Å²) in [4.78, 5) is 18.1. The van der Waals surface area contributed by atoms with E-state index in [2.05, 4.69) is 4.98 Å². The predicted molar refractivity (Wildman–Crippen MR) is 102 cm³/mol. The molecular weight excluding hydrogens is 371 g/mol. The van der Waals surface area contributed by atoms with Crippen molar-refractivity contribution in [1.82, 2.24) is 4.98 Å². The molecule has 0 amide bonds. The number of likely N-dealkylation sites (N-methyl/N-ethyl adjacent to an activating group) is 1. The monoisotopic (exact) mass is 392 g/mol. The molecule has 144 valence electrons. The van der Waals surface area contributed by atoms with Gasteiger partial charge in [0.05, 0.1) is 18.7 Å². The summed E-state index contributed by atoms with van der Waals surface area (Å²) in [5.74, 6) is 0.230. The molecule has 1 aliphatic heterocycles. The van der Waals surface area contributed by atoms with Crippen LogP contribution in [0.1, 0.15) is 40.9 Å². The van der Waals surface area contributed by atoms with Gasteiger partial charge in [-0.1, -0.05) is 31.0 Å². The fraction of sp³-hybridized carbons (Fsp3) is 0.400. The van der Waals surface area contributed by atoms with Crippen LogP contribution >= 0.6 is 11.6 Å². The number of carbonyl (C=O) groups excluding carboxylic acids is 1. The minimum absolute atomic E-state index is 0.0564. The Hall–Kier alpha value is -2.34. The number of hydrogen-bond donors (Lipinski definition) is 0. The van der Waals surface area contributed by atoms with Crippen LogP contribution < -0.4 is 9.64 Å². The Labute approximate surface area is 163 Å². The molecule has 1 atom stereocenters. The standard InChI is InChI=1S/C20H22ClFN2O3/c1-4-5-14-13(6-7-15(21)18(14)22)12-10-24(2)19-17(27-11-12)9-8-16(23-19)20(25)26-3/h6-9,12H,4-5,10-11H2,1-3H3. The van der Waals surface area contributed by atoms with Gasteiger partial charge in [0.2, 0.25) is 0 Å². The summed E-state index contributed by atoms with van der Waals surface area (Å²) in [6.45, 7) is 2.96. The second kappa shape index (κ2) is 8.13. The first-order valence-electron chi connectivity index (χ1n) is 8.86. The van der Waals surface area contributed by atoms with Gasteiger partial charge >= 0.3 is 5.97 Å². The summed E-state index contributed by atoms with van der Waals surface area (Å²) in [6.07, 6.45) is 1.43. The number of aromatic nitrogens is 1. The number of benzene rings is 1. The van der Waals surface area contributed by atoms with E-state index >= 15 is 0 Å². The Morgan fingerprint density at radius 2 is 2.19 bits per heavy atom. The normalized spacial score (nSPS) is 16.3. The fourth-order valence-corrected chi connectivity index (χ4v) is 3.56. The Morgan fingerprint density at radius 1 is 1.41 bits per heavy atom. The molecular formula is C20H22ClFN2O3. The van der Waals surface area contributed by atoms with E-state index in [0.717, 1.165) is 12.0 Å². The zero-order valence-electron chi connectivity index (χ0n) is 15.6. The van der Waals surface area contributed by atoms with Crippen LogP contribution in [0.4, 0.5) is 10.2 Å². The van der Waals surface area contributed by atoms with Crippen LogP contribution in [0.2, 0.25) is 5.02 Å². The number of halogens is 2. The molecule has 1 aromatic carbocycles. The number of pyridine rings is 1. The van der Waals surface area contributed by atoms with Gasteiger partial charge in [-0.2, -0.15) is 0 Å². The molecule has 0 N–H and O–H groups in total. The third-order valence-corrected chi connectivity index (χ3v) is 4.99. The molecule has 0 fully saturated rings. The van der Waals surface area contributed by atoms with E-state index < -0.39 is 5.97 Å². The van der Waals surface area contributed by atoms with Crippen LogP contribution in [0.3, 0.4) is 0 Å². The van der Waals surface area contributed by atoms with Crippen molar-refractivity contribution in [3.05, 3.63) is 51.9 Å². The zero-order chi connectivity index (χ0) is 19.6. The third kappa shape index (κ3) is 3.86. The first kappa shape index (κ1) is 19.4. The fourth-order valence-electron chi connectivity index (χ4n) is 3.38. The highest BCUT2D eigenvalue weighted by molar-refractivity contribution is 6.30. The summed E-state index contributed by atoms with van der Waals surface area (Å²) >= 11 is 5.98. The molecule has 1 aromatic heterocycles. The molecule has 0 saturated carbocycles. The Bertz CT molecular complexity index is 859. The minimum Gasteiger partial charge on any atom is -0.489 e. The smallest absolute Gasteiger partial charge is 0.356 e. The highest BCUT2D eigenvalue weighted by atomic mass is 35.5. The van der Waals surface area contributed by atoms with Crippen molar-refractivity contribution in [3.63, 3.8) is 0 Å². The number of methoxy groups -OCH3 is 1. The van der Waals surface area contributed by atoms with Gasteiger partial charge in [0.1, 0.15) is 5.82 Å². The van der Waals surface area contributed by atoms with E-state index in [-0.39, 0.29) is 22.5 Å². The number of hydrogen-bond acceptors (Lipinski definition) is 5. The number of fused-ring (bicyclic) bond motifs is 1. The zero-order valence-corrected chi connectivity index (χ0v) is 16.3. The maximum Gasteiger partial charge on any atom is 0.356 e. The first-order chi connectivity index (χ1) is 13.0. The molecule has 3 rings (SSSR count). The molecule has 0 saturated heterocycles. The van der Waals surface area contributed by atoms with Gasteiger partial charge in [-0.25, -0.2) is 14.2 Å². The number of nitrogens with zero attached hydrogens (tertiary/aromatic N) is 2. The van der Waals surface area contributed by atoms with Crippen molar-refractivity contribution in [3.8, 4) is 5.75 Å². The maximum absolute atomic E-state index is 14.6. The molecule has 1 aliphatic rings. The van der Waals surface area contributed by atoms with Gasteiger partial charge in [0.25, 0.3) is 0 Å². The van der Waals surface area contributed by atoms with Crippen molar-refractivity contribution in [2.45, 2.75) is 25.7 Å². The van der Waals surface area contributed by atoms with E-state index in [0.29, 0.717) is 36.7 Å². The van der Waals surface area contributed by atoms with Crippen molar-refractivity contribution >= 4 is 23.4 Å². The number of carbonyl (C=O) groups is 1. The molecule has 0 radical (unpaired) electrons. The van der Waals surface area contributed by atoms with E-state index in [1.807, 2.05) is 24.9 Å². The molecule has 0 aliphatic carbocycles. The Kier molecular flexibility index (Phi) is 5.85. The Balaban J connectivity index is 1.94. The van der Waals surface area contributed by atoms with Gasteiger partial charge in [-0.05, 0) is 35.7 Å². The molecule has 2 heterocycles. The average Bonchev–Trinajstić information content (AvgIpc) is 2.84. The van der Waals surface area contributed by atoms with E-state index in [9.17, 15) is 9.18 Å². The van der Waals surface area contributed by atoms with Gasteiger partial charge in [0, 0.05) is 19.5 Å². The lowest BCUT2D eigenvalue weighted by Crippen LogP contribution is -2.26. The topological polar surface area (TPSA) is 51.7 Å². The lowest BCUT2D eigenvalue weighted by Gasteiger charge is -2.23. The largest absolute Gasteiger partial charge is 0.489 e. The van der Waals surface area contributed by atoms with Crippen LogP contribution in [-0.2, 0) is 11.2 Å². The molecule has 5 nitrogen and oxygen atoms in total. The average molecular weight is 393 g/mol. The van der Waals surface area contributed by atoms with Crippen LogP contribution in [0.5, 0.6) is 5.75 Å². The summed E-state index contributed by atoms with van der Waals surface area (Å²) < 4.78 is 25.3. The van der Waals surface area contributed by atoms with Crippen molar-refractivity contribution in [2.75, 3.05) is 32.2 Å². The highest BCUT2D eigenvalue weighted by Crippen LogP contribution is 2.35. The van der Waals surface area contributed by atoms with Crippen molar-refractivity contribution in [1.29, 1.82) is 0 Å². The second-order valence-corrected chi connectivity index (χ2v) is 6.98. The van der Waals surface area contributed by atoms with Crippen LogP contribution in [0.15, 0.2) is 24.3 Å². The number of anilines is 1. The summed E-state index contributed by atoms with van der Waals surface area (Å²) in [7, 11) is 3.19. The maximum atomic E-state index is 14.6. The van der Waals surface area contributed by atoms with Crippen LogP contribution in [0, 0.1) is 5.82 Å². The Morgan fingerprint density at radius 3 is 2.89 bits per heavy atom. The predicted octanol–water partition coefficient (Wildman–Crippen LogP) is 4.23. The SMILES string of the molecule is CCCc1c(C2COc3ccc(C(=O)OC)nc3N(C)C2)ccc(Cl)c1F. The lowest BCUT2D eigenvalue weighted by atomic mass is 9.91. The quantitative estimate of drug-likeness (QED) is 0.729.